The number of halogens is 2. The van der Waals surface area contributed by atoms with Crippen LogP contribution in [-0.4, -0.2) is 60.8 Å². The fourth-order valence-corrected chi connectivity index (χ4v) is 4.28. The molecule has 34 heavy (non-hydrogen) atoms. The highest BCUT2D eigenvalue weighted by Crippen LogP contribution is 2.32. The summed E-state index contributed by atoms with van der Waals surface area (Å²) >= 11 is 0. The van der Waals surface area contributed by atoms with Gasteiger partial charge in [-0.1, -0.05) is 0 Å². The number of benzene rings is 1. The van der Waals surface area contributed by atoms with E-state index in [0.29, 0.717) is 49.9 Å². The van der Waals surface area contributed by atoms with E-state index in [0.717, 1.165) is 5.39 Å². The average molecular weight is 471 g/mol. The van der Waals surface area contributed by atoms with E-state index in [2.05, 4.69) is 15.6 Å². The number of nitrogens with zero attached hydrogens (tertiary/aromatic N) is 3. The molecule has 2 aromatic heterocycles. The average Bonchev–Trinajstić information content (AvgIpc) is 3.23. The van der Waals surface area contributed by atoms with Crippen LogP contribution in [0.1, 0.15) is 33.9 Å². The molecule has 0 saturated carbocycles. The normalized spacial score (nSPS) is 18.1. The molecular weight excluding hydrogens is 448 g/mol. The topological polar surface area (TPSA) is 97.7 Å². The summed E-state index contributed by atoms with van der Waals surface area (Å²) in [5.41, 5.74) is 1.88. The van der Waals surface area contributed by atoms with Crippen LogP contribution in [0.3, 0.4) is 0 Å². The van der Waals surface area contributed by atoms with Crippen molar-refractivity contribution in [3.05, 3.63) is 47.8 Å². The Labute approximate surface area is 193 Å². The summed E-state index contributed by atoms with van der Waals surface area (Å²) in [5, 5.41) is 6.17. The number of rotatable bonds is 5. The predicted molar refractivity (Wildman–Crippen MR) is 121 cm³/mol. The van der Waals surface area contributed by atoms with E-state index in [-0.39, 0.29) is 29.1 Å². The van der Waals surface area contributed by atoms with Gasteiger partial charge < -0.3 is 29.6 Å². The Morgan fingerprint density at radius 2 is 2.03 bits per heavy atom. The molecule has 2 aliphatic heterocycles. The minimum Gasteiger partial charge on any atom is -0.433 e. The van der Waals surface area contributed by atoms with Crippen LogP contribution in [-0.2, 0) is 4.74 Å². The number of morpholine rings is 1. The third-order valence-corrected chi connectivity index (χ3v) is 5.96. The maximum absolute atomic E-state index is 13.1. The van der Waals surface area contributed by atoms with Crippen LogP contribution >= 0.6 is 0 Å². The largest absolute Gasteiger partial charge is 0.433 e. The molecule has 1 atom stereocenters. The van der Waals surface area contributed by atoms with Gasteiger partial charge in [-0.3, -0.25) is 9.59 Å². The smallest absolute Gasteiger partial charge is 0.387 e. The number of nitrogens with one attached hydrogen (secondary N) is 2. The van der Waals surface area contributed by atoms with Crippen molar-refractivity contribution < 1.29 is 27.8 Å². The molecule has 11 heteroatoms. The molecule has 3 aromatic rings. The first kappa shape index (κ1) is 22.1. The molecule has 0 aliphatic carbocycles. The van der Waals surface area contributed by atoms with E-state index < -0.39 is 12.5 Å². The Bertz CT molecular complexity index is 1260. The van der Waals surface area contributed by atoms with Gasteiger partial charge in [0.25, 0.3) is 11.8 Å². The molecular formula is C23H23F2N5O4. The summed E-state index contributed by atoms with van der Waals surface area (Å²) in [6, 6.07) is 9.68. The third kappa shape index (κ3) is 4.14. The van der Waals surface area contributed by atoms with E-state index in [1.807, 2.05) is 11.8 Å². The predicted octanol–water partition coefficient (Wildman–Crippen LogP) is 3.03. The van der Waals surface area contributed by atoms with E-state index in [4.69, 9.17) is 9.47 Å². The number of carbonyl (C=O) groups is 2. The second-order valence-electron chi connectivity index (χ2n) is 8.18. The Kier molecular flexibility index (Phi) is 5.78. The highest BCUT2D eigenvalue weighted by atomic mass is 19.3. The molecule has 0 unspecified atom stereocenters. The van der Waals surface area contributed by atoms with E-state index in [1.165, 1.54) is 18.2 Å². The highest BCUT2D eigenvalue weighted by molar-refractivity contribution is 6.05. The van der Waals surface area contributed by atoms with Crippen LogP contribution in [0.5, 0.6) is 5.75 Å². The minimum atomic E-state index is -3.05. The highest BCUT2D eigenvalue weighted by Gasteiger charge is 2.26. The molecule has 1 fully saturated rings. The monoisotopic (exact) mass is 471 g/mol. The van der Waals surface area contributed by atoms with Gasteiger partial charge in [-0.15, -0.1) is 0 Å². The van der Waals surface area contributed by atoms with Gasteiger partial charge >= 0.3 is 6.61 Å². The molecule has 0 radical (unpaired) electrons. The molecule has 0 spiro atoms. The fourth-order valence-electron chi connectivity index (χ4n) is 4.28. The molecule has 2 N–H and O–H groups in total. The maximum Gasteiger partial charge on any atom is 0.387 e. The quantitative estimate of drug-likeness (QED) is 0.594. The first-order chi connectivity index (χ1) is 16.4. The van der Waals surface area contributed by atoms with Crippen LogP contribution < -0.4 is 20.3 Å². The summed E-state index contributed by atoms with van der Waals surface area (Å²) in [5.74, 6) is -0.918. The number of fused-ring (bicyclic) bond motifs is 3. The lowest BCUT2D eigenvalue weighted by Crippen LogP contribution is -2.37. The van der Waals surface area contributed by atoms with Crippen LogP contribution in [0.25, 0.3) is 11.0 Å². The van der Waals surface area contributed by atoms with Gasteiger partial charge in [0.15, 0.2) is 5.75 Å². The maximum atomic E-state index is 13.1. The standard InChI is InChI=1S/C23H23F2N5O4/c1-13-12-26-22(32)18-10-14-2-4-17(27-20(14)30(13)18)21(31)28-16-5-3-15(11-19(16)34-23(24)25)29-6-8-33-9-7-29/h2-5,10-11,13,23H,6-9,12H2,1H3,(H,26,32)(H,28,31)/t13-/m1/s1. The molecule has 178 valence electrons. The molecule has 1 aromatic carbocycles. The van der Waals surface area contributed by atoms with Crippen LogP contribution in [0.2, 0.25) is 0 Å². The zero-order valence-electron chi connectivity index (χ0n) is 18.4. The first-order valence-electron chi connectivity index (χ1n) is 10.9. The number of anilines is 2. The number of carbonyl (C=O) groups excluding carboxylic acids is 2. The number of aromatic nitrogens is 2. The Hall–Kier alpha value is -3.73. The van der Waals surface area contributed by atoms with Gasteiger partial charge in [0.05, 0.1) is 24.9 Å². The van der Waals surface area contributed by atoms with Crippen molar-refractivity contribution in [2.75, 3.05) is 43.1 Å². The number of amides is 2. The van der Waals surface area contributed by atoms with Gasteiger partial charge in [0, 0.05) is 36.8 Å². The van der Waals surface area contributed by atoms with Crippen molar-refractivity contribution in [3.63, 3.8) is 0 Å². The number of pyridine rings is 1. The second kappa shape index (κ2) is 8.90. The van der Waals surface area contributed by atoms with Gasteiger partial charge in [-0.25, -0.2) is 4.98 Å². The van der Waals surface area contributed by atoms with Crippen LogP contribution in [0, 0.1) is 0 Å². The molecule has 9 nitrogen and oxygen atoms in total. The van der Waals surface area contributed by atoms with Crippen molar-refractivity contribution in [3.8, 4) is 5.75 Å². The second-order valence-corrected chi connectivity index (χ2v) is 8.18. The van der Waals surface area contributed by atoms with Crippen molar-refractivity contribution in [2.24, 2.45) is 0 Å². The van der Waals surface area contributed by atoms with E-state index >= 15 is 0 Å². The van der Waals surface area contributed by atoms with Gasteiger partial charge in [0.1, 0.15) is 17.0 Å². The summed E-state index contributed by atoms with van der Waals surface area (Å²) in [6.45, 7) is 1.69. The Morgan fingerprint density at radius 1 is 1.24 bits per heavy atom. The van der Waals surface area contributed by atoms with Crippen molar-refractivity contribution in [2.45, 2.75) is 19.6 Å². The number of hydrogen-bond donors (Lipinski definition) is 2. The summed E-state index contributed by atoms with van der Waals surface area (Å²) in [4.78, 5) is 31.7. The molecule has 1 saturated heterocycles. The van der Waals surface area contributed by atoms with Crippen molar-refractivity contribution in [1.29, 1.82) is 0 Å². The van der Waals surface area contributed by atoms with Crippen molar-refractivity contribution >= 4 is 34.2 Å². The molecule has 0 bridgehead atoms. The van der Waals surface area contributed by atoms with E-state index in [9.17, 15) is 18.4 Å². The van der Waals surface area contributed by atoms with Gasteiger partial charge in [-0.2, -0.15) is 8.78 Å². The third-order valence-electron chi connectivity index (χ3n) is 5.96. The Balaban J connectivity index is 1.44. The summed E-state index contributed by atoms with van der Waals surface area (Å²) in [6.07, 6.45) is 0. The van der Waals surface area contributed by atoms with Crippen molar-refractivity contribution in [1.82, 2.24) is 14.9 Å². The zero-order chi connectivity index (χ0) is 23.8. The summed E-state index contributed by atoms with van der Waals surface area (Å²) in [7, 11) is 0. The molecule has 2 amide bonds. The van der Waals surface area contributed by atoms with Crippen LogP contribution in [0.15, 0.2) is 36.4 Å². The minimum absolute atomic E-state index is 0.0326. The SMILES string of the molecule is C[C@@H]1CNC(=O)c2cc3ccc(C(=O)Nc4ccc(N5CCOCC5)cc4OC(F)F)nc3n21. The van der Waals surface area contributed by atoms with Gasteiger partial charge in [-0.05, 0) is 37.3 Å². The number of hydrogen-bond acceptors (Lipinski definition) is 6. The number of ether oxygens (including phenoxy) is 2. The Morgan fingerprint density at radius 3 is 2.79 bits per heavy atom. The fraction of sp³-hybridized carbons (Fsp3) is 0.348. The molecule has 5 rings (SSSR count). The molecule has 4 heterocycles. The summed E-state index contributed by atoms with van der Waals surface area (Å²) < 4.78 is 38.0. The molecule has 2 aliphatic rings. The first-order valence-corrected chi connectivity index (χ1v) is 10.9. The lowest BCUT2D eigenvalue weighted by molar-refractivity contribution is -0.0493. The number of alkyl halides is 2. The van der Waals surface area contributed by atoms with E-state index in [1.54, 1.807) is 22.8 Å². The lowest BCUT2D eigenvalue weighted by Gasteiger charge is -2.29. The van der Waals surface area contributed by atoms with Crippen LogP contribution in [0.4, 0.5) is 20.2 Å². The van der Waals surface area contributed by atoms with Gasteiger partial charge in [0.2, 0.25) is 0 Å². The zero-order valence-corrected chi connectivity index (χ0v) is 18.4. The lowest BCUT2D eigenvalue weighted by atomic mass is 10.2.